The van der Waals surface area contributed by atoms with E-state index in [4.69, 9.17) is 4.74 Å². The van der Waals surface area contributed by atoms with Gasteiger partial charge in [0, 0.05) is 18.5 Å². The standard InChI is InChI=1S/C14H19NO2.ClH/c1-15(2)8-7-13(16)11-5-6-14-12(10-11)4-3-9-17-14;/h5-6,10H,3-4,7-9H2,1-2H3;1H/p-1. The summed E-state index contributed by atoms with van der Waals surface area (Å²) in [6, 6.07) is 5.80. The van der Waals surface area contributed by atoms with Crippen LogP contribution < -0.4 is 17.1 Å². The smallest absolute Gasteiger partial charge is 0.164 e. The van der Waals surface area contributed by atoms with Gasteiger partial charge in [0.25, 0.3) is 0 Å². The van der Waals surface area contributed by atoms with Gasteiger partial charge in [-0.15, -0.1) is 0 Å². The number of Topliss-reactive ketones (excluding diaryl/α,β-unsaturated/α-hetero) is 1. The first-order valence-electron chi connectivity index (χ1n) is 6.10. The number of halogens is 1. The van der Waals surface area contributed by atoms with Gasteiger partial charge in [0.1, 0.15) is 5.75 Å². The molecule has 1 aromatic rings. The normalized spacial score (nSPS) is 13.5. The molecule has 100 valence electrons. The monoisotopic (exact) mass is 268 g/mol. The molecule has 0 unspecified atom stereocenters. The fraction of sp³-hybridized carbons (Fsp3) is 0.500. The van der Waals surface area contributed by atoms with Crippen molar-refractivity contribution in [1.82, 2.24) is 4.90 Å². The van der Waals surface area contributed by atoms with E-state index in [9.17, 15) is 4.79 Å². The second-order valence-electron chi connectivity index (χ2n) is 4.75. The van der Waals surface area contributed by atoms with Crippen LogP contribution in [0.25, 0.3) is 0 Å². The number of rotatable bonds is 4. The molecule has 0 amide bonds. The van der Waals surface area contributed by atoms with Crippen molar-refractivity contribution in [3.05, 3.63) is 29.3 Å². The highest BCUT2D eigenvalue weighted by molar-refractivity contribution is 5.96. The Morgan fingerprint density at radius 1 is 1.39 bits per heavy atom. The van der Waals surface area contributed by atoms with Crippen LogP contribution in [0.5, 0.6) is 5.75 Å². The van der Waals surface area contributed by atoms with E-state index in [1.54, 1.807) is 0 Å². The third-order valence-electron chi connectivity index (χ3n) is 3.02. The van der Waals surface area contributed by atoms with E-state index in [0.29, 0.717) is 6.42 Å². The summed E-state index contributed by atoms with van der Waals surface area (Å²) in [5.74, 6) is 1.16. The summed E-state index contributed by atoms with van der Waals surface area (Å²) in [7, 11) is 3.96. The van der Waals surface area contributed by atoms with Crippen LogP contribution in [0.3, 0.4) is 0 Å². The van der Waals surface area contributed by atoms with Crippen molar-refractivity contribution in [1.29, 1.82) is 0 Å². The highest BCUT2D eigenvalue weighted by atomic mass is 35.5. The minimum atomic E-state index is 0. The Hall–Kier alpha value is -1.06. The number of aryl methyl sites for hydroxylation is 1. The van der Waals surface area contributed by atoms with E-state index in [0.717, 1.165) is 37.3 Å². The van der Waals surface area contributed by atoms with Crippen LogP contribution in [-0.4, -0.2) is 37.9 Å². The number of fused-ring (bicyclic) bond motifs is 1. The van der Waals surface area contributed by atoms with E-state index in [2.05, 4.69) is 0 Å². The second-order valence-corrected chi connectivity index (χ2v) is 4.75. The van der Waals surface area contributed by atoms with Crippen LogP contribution in [-0.2, 0) is 6.42 Å². The molecule has 1 heterocycles. The number of nitrogens with zero attached hydrogens (tertiary/aromatic N) is 1. The van der Waals surface area contributed by atoms with Crippen LogP contribution in [0.2, 0.25) is 0 Å². The maximum absolute atomic E-state index is 12.0. The van der Waals surface area contributed by atoms with Crippen molar-refractivity contribution < 1.29 is 21.9 Å². The maximum atomic E-state index is 12.0. The van der Waals surface area contributed by atoms with Crippen molar-refractivity contribution in [2.45, 2.75) is 19.3 Å². The van der Waals surface area contributed by atoms with Crippen molar-refractivity contribution >= 4 is 5.78 Å². The van der Waals surface area contributed by atoms with Gasteiger partial charge in [0.05, 0.1) is 6.61 Å². The highest BCUT2D eigenvalue weighted by Gasteiger charge is 2.13. The van der Waals surface area contributed by atoms with Crippen LogP contribution in [0.4, 0.5) is 0 Å². The third kappa shape index (κ3) is 3.72. The molecule has 18 heavy (non-hydrogen) atoms. The highest BCUT2D eigenvalue weighted by Crippen LogP contribution is 2.25. The fourth-order valence-corrected chi connectivity index (χ4v) is 2.00. The van der Waals surface area contributed by atoms with E-state index in [1.807, 2.05) is 37.2 Å². The Kier molecular flexibility index (Phi) is 5.63. The summed E-state index contributed by atoms with van der Waals surface area (Å²) >= 11 is 0. The lowest BCUT2D eigenvalue weighted by molar-refractivity contribution is -0.0000119. The summed E-state index contributed by atoms with van der Waals surface area (Å²) in [4.78, 5) is 14.0. The predicted molar refractivity (Wildman–Crippen MR) is 67.8 cm³/mol. The molecule has 0 aromatic heterocycles. The van der Waals surface area contributed by atoms with Crippen LogP contribution in [0, 0.1) is 0 Å². The molecule has 0 atom stereocenters. The Labute approximate surface area is 115 Å². The van der Waals surface area contributed by atoms with Crippen LogP contribution in [0.15, 0.2) is 18.2 Å². The molecule has 3 nitrogen and oxygen atoms in total. The van der Waals surface area contributed by atoms with Gasteiger partial charge in [-0.2, -0.15) is 0 Å². The van der Waals surface area contributed by atoms with Gasteiger partial charge in [-0.3, -0.25) is 4.79 Å². The molecule has 0 spiro atoms. The average molecular weight is 269 g/mol. The zero-order valence-corrected chi connectivity index (χ0v) is 11.7. The van der Waals surface area contributed by atoms with Gasteiger partial charge in [0.15, 0.2) is 5.78 Å². The van der Waals surface area contributed by atoms with Crippen molar-refractivity contribution in [2.75, 3.05) is 27.2 Å². The topological polar surface area (TPSA) is 29.5 Å². The minimum Gasteiger partial charge on any atom is -1.00 e. The lowest BCUT2D eigenvalue weighted by Crippen LogP contribution is -3.00. The van der Waals surface area contributed by atoms with E-state index < -0.39 is 0 Å². The van der Waals surface area contributed by atoms with E-state index in [1.165, 1.54) is 5.56 Å². The Balaban J connectivity index is 0.00000162. The van der Waals surface area contributed by atoms with E-state index in [-0.39, 0.29) is 18.2 Å². The van der Waals surface area contributed by atoms with E-state index >= 15 is 0 Å². The molecule has 1 aliphatic rings. The van der Waals surface area contributed by atoms with Gasteiger partial charge in [0.2, 0.25) is 0 Å². The fourth-order valence-electron chi connectivity index (χ4n) is 2.00. The summed E-state index contributed by atoms with van der Waals surface area (Å²) in [5.41, 5.74) is 1.99. The quantitative estimate of drug-likeness (QED) is 0.667. The zero-order valence-electron chi connectivity index (χ0n) is 10.9. The Morgan fingerprint density at radius 3 is 2.89 bits per heavy atom. The molecule has 1 aromatic carbocycles. The second kappa shape index (κ2) is 6.76. The lowest BCUT2D eigenvalue weighted by Gasteiger charge is -2.17. The third-order valence-corrected chi connectivity index (χ3v) is 3.02. The van der Waals surface area contributed by atoms with Crippen molar-refractivity contribution in [3.63, 3.8) is 0 Å². The van der Waals surface area contributed by atoms with Gasteiger partial charge in [-0.1, -0.05) is 0 Å². The summed E-state index contributed by atoms with van der Waals surface area (Å²) in [6.45, 7) is 1.59. The molecule has 2 rings (SSSR count). The number of carbonyl (C=O) groups excluding carboxylic acids is 1. The molecular weight excluding hydrogens is 250 g/mol. The minimum absolute atomic E-state index is 0. The molecule has 4 heteroatoms. The lowest BCUT2D eigenvalue weighted by atomic mass is 10.00. The van der Waals surface area contributed by atoms with Crippen LogP contribution in [0.1, 0.15) is 28.8 Å². The molecule has 0 fully saturated rings. The number of ketones is 1. The number of carbonyl (C=O) groups is 1. The predicted octanol–water partition coefficient (Wildman–Crippen LogP) is -0.850. The Morgan fingerprint density at radius 2 is 2.17 bits per heavy atom. The largest absolute Gasteiger partial charge is 1.00 e. The number of hydrogen-bond donors (Lipinski definition) is 0. The number of hydrogen-bond acceptors (Lipinski definition) is 3. The molecule has 0 N–H and O–H groups in total. The SMILES string of the molecule is CN(C)CCC(=O)c1ccc2c(c1)CCCO2.[Cl-]. The Bertz CT molecular complexity index is 418. The van der Waals surface area contributed by atoms with Gasteiger partial charge in [-0.25, -0.2) is 0 Å². The van der Waals surface area contributed by atoms with Crippen LogP contribution >= 0.6 is 0 Å². The number of benzene rings is 1. The molecule has 1 aliphatic heterocycles. The first kappa shape index (κ1) is 15.0. The average Bonchev–Trinajstić information content (AvgIpc) is 2.35. The zero-order chi connectivity index (χ0) is 12.3. The van der Waals surface area contributed by atoms with Crippen molar-refractivity contribution in [2.24, 2.45) is 0 Å². The molecule has 0 saturated carbocycles. The first-order valence-corrected chi connectivity index (χ1v) is 6.10. The van der Waals surface area contributed by atoms with Gasteiger partial charge in [-0.05, 0) is 50.7 Å². The summed E-state index contributed by atoms with van der Waals surface area (Å²) in [5, 5.41) is 0. The summed E-state index contributed by atoms with van der Waals surface area (Å²) in [6.07, 6.45) is 2.64. The molecule has 0 aliphatic carbocycles. The summed E-state index contributed by atoms with van der Waals surface area (Å²) < 4.78 is 5.54. The molecule has 0 radical (unpaired) electrons. The maximum Gasteiger partial charge on any atom is 0.164 e. The molecule has 0 bridgehead atoms. The first-order chi connectivity index (χ1) is 8.16. The number of ether oxygens (including phenoxy) is 1. The van der Waals surface area contributed by atoms with Crippen molar-refractivity contribution in [3.8, 4) is 5.75 Å². The van der Waals surface area contributed by atoms with Gasteiger partial charge >= 0.3 is 0 Å². The van der Waals surface area contributed by atoms with Gasteiger partial charge < -0.3 is 22.0 Å². The molecule has 0 saturated heterocycles. The molecular formula is C14H19ClNO2-.